The van der Waals surface area contributed by atoms with E-state index in [1.807, 2.05) is 0 Å². The molecule has 160 valence electrons. The lowest BCUT2D eigenvalue weighted by Gasteiger charge is -2.59. The fraction of sp³-hybridized carbons (Fsp3) is 0.870. The Hall–Kier alpha value is -1.43. The molecule has 4 aliphatic carbocycles. The summed E-state index contributed by atoms with van der Waals surface area (Å²) >= 11 is 0. The molecule has 5 aliphatic rings. The molecular weight excluding hydrogens is 366 g/mol. The zero-order valence-electron chi connectivity index (χ0n) is 17.8. The van der Waals surface area contributed by atoms with Gasteiger partial charge in [0.25, 0.3) is 0 Å². The molecule has 0 radical (unpaired) electrons. The first-order valence-corrected chi connectivity index (χ1v) is 11.6. The van der Waals surface area contributed by atoms with E-state index in [2.05, 4.69) is 29.5 Å². The summed E-state index contributed by atoms with van der Waals surface area (Å²) in [5.74, 6) is 2.26. The summed E-state index contributed by atoms with van der Waals surface area (Å²) in [7, 11) is 0. The average Bonchev–Trinajstić information content (AvgIpc) is 3.34. The number of oxime groups is 2. The fourth-order valence-electron chi connectivity index (χ4n) is 7.71. The predicted molar refractivity (Wildman–Crippen MR) is 111 cm³/mol. The molecule has 0 aromatic rings. The zero-order chi connectivity index (χ0) is 20.2. The van der Waals surface area contributed by atoms with E-state index in [0.717, 1.165) is 82.3 Å². The third-order valence-corrected chi connectivity index (χ3v) is 9.50. The van der Waals surface area contributed by atoms with Gasteiger partial charge in [0.05, 0.1) is 11.4 Å². The molecule has 29 heavy (non-hydrogen) atoms. The molecule has 0 spiro atoms. The average molecular weight is 402 g/mol. The summed E-state index contributed by atoms with van der Waals surface area (Å²) in [6.07, 6.45) is 8.85. The summed E-state index contributed by atoms with van der Waals surface area (Å²) in [6, 6.07) is 0. The zero-order valence-corrected chi connectivity index (χ0v) is 17.8. The van der Waals surface area contributed by atoms with Crippen LogP contribution in [-0.2, 0) is 9.63 Å². The van der Waals surface area contributed by atoms with E-state index in [-0.39, 0.29) is 22.9 Å². The molecule has 6 nitrogen and oxygen atoms in total. The van der Waals surface area contributed by atoms with Gasteiger partial charge in [-0.25, -0.2) is 0 Å². The van der Waals surface area contributed by atoms with Crippen molar-refractivity contribution in [2.24, 2.45) is 44.8 Å². The molecule has 2 N–H and O–H groups in total. The van der Waals surface area contributed by atoms with Crippen LogP contribution < -0.4 is 5.32 Å². The van der Waals surface area contributed by atoms with Gasteiger partial charge in [0.1, 0.15) is 11.9 Å². The van der Waals surface area contributed by atoms with E-state index in [1.165, 1.54) is 0 Å². The molecule has 1 unspecified atom stereocenters. The Labute approximate surface area is 173 Å². The first kappa shape index (κ1) is 19.5. The Morgan fingerprint density at radius 1 is 1.10 bits per heavy atom. The van der Waals surface area contributed by atoms with Crippen molar-refractivity contribution in [1.82, 2.24) is 5.32 Å². The van der Waals surface area contributed by atoms with Crippen LogP contribution in [0.1, 0.15) is 71.6 Å². The van der Waals surface area contributed by atoms with Gasteiger partial charge in [-0.05, 0) is 74.7 Å². The maximum absolute atomic E-state index is 12.6. The minimum Gasteiger partial charge on any atom is -0.411 e. The summed E-state index contributed by atoms with van der Waals surface area (Å²) in [5.41, 5.74) is 2.05. The number of Topliss-reactive ketones (excluding diaryl/α,β-unsaturated/α-hetero) is 1. The molecule has 7 atom stereocenters. The molecule has 0 bridgehead atoms. The van der Waals surface area contributed by atoms with Gasteiger partial charge < -0.3 is 15.4 Å². The van der Waals surface area contributed by atoms with Gasteiger partial charge in [0.15, 0.2) is 0 Å². The van der Waals surface area contributed by atoms with Gasteiger partial charge in [0.2, 0.25) is 0 Å². The van der Waals surface area contributed by atoms with E-state index in [4.69, 9.17) is 4.84 Å². The van der Waals surface area contributed by atoms with Gasteiger partial charge >= 0.3 is 0 Å². The van der Waals surface area contributed by atoms with Crippen molar-refractivity contribution in [1.29, 1.82) is 0 Å². The highest BCUT2D eigenvalue weighted by molar-refractivity contribution is 5.96. The molecular formula is C23H35N3O3. The van der Waals surface area contributed by atoms with Crippen LogP contribution >= 0.6 is 0 Å². The molecule has 1 heterocycles. The third-order valence-electron chi connectivity index (χ3n) is 9.50. The molecule has 0 amide bonds. The van der Waals surface area contributed by atoms with E-state index in [9.17, 15) is 10.0 Å². The highest BCUT2D eigenvalue weighted by atomic mass is 16.6. The monoisotopic (exact) mass is 401 g/mol. The van der Waals surface area contributed by atoms with Gasteiger partial charge in [-0.3, -0.25) is 4.79 Å². The number of ketones is 1. The Morgan fingerprint density at radius 3 is 2.72 bits per heavy atom. The smallest absolute Gasteiger partial charge is 0.141 e. The lowest BCUT2D eigenvalue weighted by molar-refractivity contribution is -0.133. The first-order valence-electron chi connectivity index (χ1n) is 11.6. The van der Waals surface area contributed by atoms with Crippen LogP contribution in [-0.4, -0.2) is 41.6 Å². The Kier molecular flexibility index (Phi) is 4.76. The van der Waals surface area contributed by atoms with E-state index >= 15 is 0 Å². The largest absolute Gasteiger partial charge is 0.411 e. The second-order valence-electron chi connectivity index (χ2n) is 10.7. The molecule has 5 fully saturated rings. The van der Waals surface area contributed by atoms with Gasteiger partial charge in [-0.2, -0.15) is 0 Å². The molecule has 1 aliphatic heterocycles. The molecule has 1 saturated heterocycles. The number of nitrogens with zero attached hydrogens (tertiary/aromatic N) is 2. The third kappa shape index (κ3) is 2.96. The Bertz CT molecular complexity index is 744. The van der Waals surface area contributed by atoms with Crippen molar-refractivity contribution in [3.8, 4) is 0 Å². The van der Waals surface area contributed by atoms with Crippen molar-refractivity contribution in [2.75, 3.05) is 13.1 Å². The quantitative estimate of drug-likeness (QED) is 0.545. The summed E-state index contributed by atoms with van der Waals surface area (Å²) in [5, 5.41) is 21.6. The minimum atomic E-state index is -0.143. The SMILES string of the molecule is C[C@]12CCC(=NO[C@@H]3CCNC3)CC1C(=NO)C[C@@H]1[C@@H]2CC[C@]2(C)C(=O)CC[C@@H]12. The van der Waals surface area contributed by atoms with Crippen LogP contribution in [0.2, 0.25) is 0 Å². The standard InChI is InChI=1S/C23H35N3O3/c1-22-8-5-14(26-29-15-7-10-24-13-15)11-19(22)20(25-28)12-16-17-3-4-21(27)23(17,2)9-6-18(16)22/h15-19,24,28H,3-13H2,1-2H3/t15-,16+,17+,18+,19?,22-,23+/m1/s1. The summed E-state index contributed by atoms with van der Waals surface area (Å²) in [4.78, 5) is 18.4. The summed E-state index contributed by atoms with van der Waals surface area (Å²) in [6.45, 7) is 6.50. The second-order valence-corrected chi connectivity index (χ2v) is 10.7. The van der Waals surface area contributed by atoms with Crippen LogP contribution in [0.3, 0.4) is 0 Å². The number of nitrogens with one attached hydrogen (secondary N) is 1. The molecule has 0 aromatic carbocycles. The molecule has 4 saturated carbocycles. The van der Waals surface area contributed by atoms with E-state index in [1.54, 1.807) is 0 Å². The Morgan fingerprint density at radius 2 is 1.97 bits per heavy atom. The minimum absolute atomic E-state index is 0.130. The van der Waals surface area contributed by atoms with Gasteiger partial charge in [-0.1, -0.05) is 24.2 Å². The molecule has 5 rings (SSSR count). The number of hydrogen-bond donors (Lipinski definition) is 2. The first-order chi connectivity index (χ1) is 14.0. The predicted octanol–water partition coefficient (Wildman–Crippen LogP) is 3.77. The van der Waals surface area contributed by atoms with Crippen LogP contribution in [0.5, 0.6) is 0 Å². The van der Waals surface area contributed by atoms with Crippen molar-refractivity contribution in [2.45, 2.75) is 77.7 Å². The maximum atomic E-state index is 12.6. The van der Waals surface area contributed by atoms with Crippen LogP contribution in [0, 0.1) is 34.5 Å². The number of rotatable bonds is 2. The van der Waals surface area contributed by atoms with Crippen molar-refractivity contribution < 1.29 is 14.8 Å². The van der Waals surface area contributed by atoms with Crippen molar-refractivity contribution in [3.63, 3.8) is 0 Å². The fourth-order valence-corrected chi connectivity index (χ4v) is 7.71. The Balaban J connectivity index is 1.38. The van der Waals surface area contributed by atoms with Crippen molar-refractivity contribution >= 4 is 17.2 Å². The van der Waals surface area contributed by atoms with Gasteiger partial charge in [-0.15, -0.1) is 0 Å². The van der Waals surface area contributed by atoms with Crippen LogP contribution in [0.4, 0.5) is 0 Å². The van der Waals surface area contributed by atoms with Crippen LogP contribution in [0.25, 0.3) is 0 Å². The van der Waals surface area contributed by atoms with E-state index in [0.29, 0.717) is 23.5 Å². The summed E-state index contributed by atoms with van der Waals surface area (Å²) < 4.78 is 0. The second kappa shape index (κ2) is 7.07. The normalized spacial score (nSPS) is 49.7. The highest BCUT2D eigenvalue weighted by Crippen LogP contribution is 2.64. The van der Waals surface area contributed by atoms with Crippen LogP contribution in [0.15, 0.2) is 10.3 Å². The number of carbonyl (C=O) groups is 1. The maximum Gasteiger partial charge on any atom is 0.141 e. The molecule has 6 heteroatoms. The number of hydrogen-bond acceptors (Lipinski definition) is 6. The lowest BCUT2D eigenvalue weighted by Crippen LogP contribution is -2.56. The lowest BCUT2D eigenvalue weighted by atomic mass is 9.45. The topological polar surface area (TPSA) is 83.3 Å². The molecule has 0 aromatic heterocycles. The number of fused-ring (bicyclic) bond motifs is 5. The van der Waals surface area contributed by atoms with Crippen molar-refractivity contribution in [3.05, 3.63) is 0 Å². The van der Waals surface area contributed by atoms with Gasteiger partial charge in [0, 0.05) is 30.7 Å². The number of carbonyl (C=O) groups excluding carboxylic acids is 1. The highest BCUT2D eigenvalue weighted by Gasteiger charge is 2.61. The van der Waals surface area contributed by atoms with E-state index < -0.39 is 0 Å².